The van der Waals surface area contributed by atoms with Gasteiger partial charge in [0, 0.05) is 10.7 Å². The number of hydrogen-bond acceptors (Lipinski definition) is 2. The molecule has 0 saturated carbocycles. The Morgan fingerprint density at radius 3 is 3.05 bits per heavy atom. The zero-order valence-electron chi connectivity index (χ0n) is 10.7. The molecule has 1 saturated heterocycles. The van der Waals surface area contributed by atoms with Crippen molar-refractivity contribution in [2.45, 2.75) is 19.4 Å². The van der Waals surface area contributed by atoms with Gasteiger partial charge in [0.25, 0.3) is 5.91 Å². The maximum absolute atomic E-state index is 11.9. The second kappa shape index (κ2) is 6.04. The van der Waals surface area contributed by atoms with Crippen LogP contribution in [-0.2, 0) is 9.59 Å². The summed E-state index contributed by atoms with van der Waals surface area (Å²) in [5.41, 5.74) is 1.61. The molecule has 2 amide bonds. The van der Waals surface area contributed by atoms with Gasteiger partial charge in [0.15, 0.2) is 6.04 Å². The first kappa shape index (κ1) is 13.8. The Hall–Kier alpha value is -1.59. The van der Waals surface area contributed by atoms with Crippen LogP contribution in [0.1, 0.15) is 12.0 Å². The van der Waals surface area contributed by atoms with Gasteiger partial charge in [-0.1, -0.05) is 17.7 Å². The van der Waals surface area contributed by atoms with Crippen LogP contribution < -0.4 is 16.0 Å². The van der Waals surface area contributed by atoms with E-state index in [4.69, 9.17) is 11.6 Å². The molecule has 19 heavy (non-hydrogen) atoms. The van der Waals surface area contributed by atoms with Gasteiger partial charge in [0.1, 0.15) is 0 Å². The van der Waals surface area contributed by atoms with Gasteiger partial charge in [0.2, 0.25) is 5.91 Å². The lowest BCUT2D eigenvalue weighted by Crippen LogP contribution is -2.96. The fraction of sp³-hybridized carbons (Fsp3) is 0.385. The van der Waals surface area contributed by atoms with E-state index in [9.17, 15) is 9.59 Å². The first-order valence-corrected chi connectivity index (χ1v) is 6.61. The first-order valence-electron chi connectivity index (χ1n) is 6.23. The summed E-state index contributed by atoms with van der Waals surface area (Å²) in [5.74, 6) is -0.262. The molecular formula is C13H17ClN3O2+. The number of benzene rings is 1. The van der Waals surface area contributed by atoms with Crippen LogP contribution in [0.25, 0.3) is 0 Å². The van der Waals surface area contributed by atoms with Crippen molar-refractivity contribution in [2.24, 2.45) is 0 Å². The van der Waals surface area contributed by atoms with Gasteiger partial charge in [-0.15, -0.1) is 0 Å². The molecule has 102 valence electrons. The highest BCUT2D eigenvalue weighted by Crippen LogP contribution is 2.20. The molecule has 0 aliphatic carbocycles. The Kier molecular flexibility index (Phi) is 4.39. The minimum Gasteiger partial charge on any atom is -0.345 e. The number of anilines is 1. The Morgan fingerprint density at radius 1 is 1.58 bits per heavy atom. The Balaban J connectivity index is 1.93. The standard InChI is InChI=1S/C13H16ClN3O2/c1-8-2-3-9(6-10(8)14)17-12(18)7-11-13(19)16-5-4-15-11/h2-3,6,11,15H,4-5,7H2,1H3,(H,16,19)(H,17,18)/p+1/t11-/m1/s1. The topological polar surface area (TPSA) is 74.8 Å². The fourth-order valence-corrected chi connectivity index (χ4v) is 2.16. The van der Waals surface area contributed by atoms with E-state index in [0.29, 0.717) is 17.3 Å². The van der Waals surface area contributed by atoms with Crippen LogP contribution in [0.4, 0.5) is 5.69 Å². The normalized spacial score (nSPS) is 18.8. The molecule has 1 aliphatic rings. The number of carbonyl (C=O) groups is 2. The molecule has 2 rings (SSSR count). The Labute approximate surface area is 116 Å². The molecule has 0 radical (unpaired) electrons. The molecule has 1 aliphatic heterocycles. The van der Waals surface area contributed by atoms with Crippen LogP contribution >= 0.6 is 11.6 Å². The molecule has 1 aromatic rings. The molecule has 0 bridgehead atoms. The van der Waals surface area contributed by atoms with Gasteiger partial charge in [-0.3, -0.25) is 9.59 Å². The molecule has 1 fully saturated rings. The van der Waals surface area contributed by atoms with Crippen molar-refractivity contribution in [2.75, 3.05) is 18.4 Å². The smallest absolute Gasteiger partial charge is 0.278 e. The quantitative estimate of drug-likeness (QED) is 0.732. The summed E-state index contributed by atoms with van der Waals surface area (Å²) in [5, 5.41) is 8.00. The van der Waals surface area contributed by atoms with Gasteiger partial charge in [-0.25, -0.2) is 0 Å². The summed E-state index contributed by atoms with van der Waals surface area (Å²) in [4.78, 5) is 23.4. The summed E-state index contributed by atoms with van der Waals surface area (Å²) in [6.07, 6.45) is 0.164. The number of piperazine rings is 1. The summed E-state index contributed by atoms with van der Waals surface area (Å²) in [7, 11) is 0. The average Bonchev–Trinajstić information content (AvgIpc) is 2.37. The molecule has 0 unspecified atom stereocenters. The van der Waals surface area contributed by atoms with Crippen molar-refractivity contribution in [1.82, 2.24) is 5.32 Å². The lowest BCUT2D eigenvalue weighted by atomic mass is 10.1. The SMILES string of the molecule is Cc1ccc(NC(=O)C[C@H]2[NH2+]CCNC2=O)cc1Cl. The number of halogens is 1. The second-order valence-electron chi connectivity index (χ2n) is 4.64. The lowest BCUT2D eigenvalue weighted by Gasteiger charge is -2.19. The summed E-state index contributed by atoms with van der Waals surface area (Å²) in [6, 6.07) is 5.01. The largest absolute Gasteiger partial charge is 0.345 e. The monoisotopic (exact) mass is 282 g/mol. The number of hydrogen-bond donors (Lipinski definition) is 3. The van der Waals surface area contributed by atoms with Gasteiger partial charge < -0.3 is 16.0 Å². The van der Waals surface area contributed by atoms with Gasteiger partial charge in [0.05, 0.1) is 19.5 Å². The van der Waals surface area contributed by atoms with Crippen LogP contribution in [0.2, 0.25) is 5.02 Å². The van der Waals surface area contributed by atoms with Crippen molar-refractivity contribution in [3.05, 3.63) is 28.8 Å². The van der Waals surface area contributed by atoms with Crippen LogP contribution in [-0.4, -0.2) is 30.9 Å². The van der Waals surface area contributed by atoms with Crippen molar-refractivity contribution in [3.8, 4) is 0 Å². The molecule has 1 heterocycles. The van der Waals surface area contributed by atoms with Crippen LogP contribution in [0.15, 0.2) is 18.2 Å². The molecule has 1 aromatic carbocycles. The van der Waals surface area contributed by atoms with Crippen LogP contribution in [0.5, 0.6) is 0 Å². The average molecular weight is 283 g/mol. The minimum atomic E-state index is -0.338. The van der Waals surface area contributed by atoms with E-state index in [1.807, 2.05) is 18.3 Å². The van der Waals surface area contributed by atoms with E-state index in [1.165, 1.54) is 0 Å². The van der Waals surface area contributed by atoms with Gasteiger partial charge in [-0.05, 0) is 24.6 Å². The third-order valence-corrected chi connectivity index (χ3v) is 3.50. The van der Waals surface area contributed by atoms with E-state index in [2.05, 4.69) is 10.6 Å². The van der Waals surface area contributed by atoms with E-state index < -0.39 is 0 Å². The molecule has 0 aromatic heterocycles. The highest BCUT2D eigenvalue weighted by molar-refractivity contribution is 6.31. The third kappa shape index (κ3) is 3.68. The van der Waals surface area contributed by atoms with Crippen molar-refractivity contribution in [3.63, 3.8) is 0 Å². The van der Waals surface area contributed by atoms with E-state index >= 15 is 0 Å². The van der Waals surface area contributed by atoms with Gasteiger partial charge in [-0.2, -0.15) is 0 Å². The maximum atomic E-state index is 11.9. The number of rotatable bonds is 3. The minimum absolute atomic E-state index is 0.0802. The van der Waals surface area contributed by atoms with Crippen LogP contribution in [0.3, 0.4) is 0 Å². The summed E-state index contributed by atoms with van der Waals surface area (Å²) in [6.45, 7) is 3.36. The molecule has 4 N–H and O–H groups in total. The highest BCUT2D eigenvalue weighted by Gasteiger charge is 2.27. The third-order valence-electron chi connectivity index (χ3n) is 3.09. The number of carbonyl (C=O) groups excluding carboxylic acids is 2. The molecule has 6 heteroatoms. The van der Waals surface area contributed by atoms with Crippen molar-refractivity contribution >= 4 is 29.1 Å². The van der Waals surface area contributed by atoms with E-state index in [0.717, 1.165) is 12.1 Å². The maximum Gasteiger partial charge on any atom is 0.278 e. The molecular weight excluding hydrogens is 266 g/mol. The second-order valence-corrected chi connectivity index (χ2v) is 5.05. The van der Waals surface area contributed by atoms with Crippen molar-refractivity contribution < 1.29 is 14.9 Å². The number of nitrogens with two attached hydrogens (primary N) is 1. The zero-order chi connectivity index (χ0) is 13.8. The number of nitrogens with one attached hydrogen (secondary N) is 2. The number of amides is 2. The molecule has 0 spiro atoms. The fourth-order valence-electron chi connectivity index (χ4n) is 1.98. The lowest BCUT2D eigenvalue weighted by molar-refractivity contribution is -0.678. The number of quaternary nitrogens is 1. The Morgan fingerprint density at radius 2 is 2.37 bits per heavy atom. The van der Waals surface area contributed by atoms with Crippen LogP contribution in [0, 0.1) is 6.92 Å². The summed E-state index contributed by atoms with van der Waals surface area (Å²) >= 11 is 5.99. The van der Waals surface area contributed by atoms with Gasteiger partial charge >= 0.3 is 0 Å². The molecule has 1 atom stereocenters. The zero-order valence-corrected chi connectivity index (χ0v) is 11.5. The number of aryl methyl sites for hydroxylation is 1. The molecule has 5 nitrogen and oxygen atoms in total. The highest BCUT2D eigenvalue weighted by atomic mass is 35.5. The van der Waals surface area contributed by atoms with Crippen molar-refractivity contribution in [1.29, 1.82) is 0 Å². The van der Waals surface area contributed by atoms with E-state index in [1.54, 1.807) is 12.1 Å². The summed E-state index contributed by atoms with van der Waals surface area (Å²) < 4.78 is 0. The predicted molar refractivity (Wildman–Crippen MR) is 73.0 cm³/mol. The Bertz CT molecular complexity index is 505. The predicted octanol–water partition coefficient (Wildman–Crippen LogP) is 0.0388. The first-order chi connectivity index (χ1) is 9.06. The van der Waals surface area contributed by atoms with E-state index in [-0.39, 0.29) is 24.3 Å².